The van der Waals surface area contributed by atoms with Gasteiger partial charge < -0.3 is 15.4 Å². The summed E-state index contributed by atoms with van der Waals surface area (Å²) >= 11 is 0. The number of amides is 2. The van der Waals surface area contributed by atoms with E-state index in [0.717, 1.165) is 12.8 Å². The van der Waals surface area contributed by atoms with Gasteiger partial charge in [0.1, 0.15) is 11.3 Å². The number of hydrogen-bond acceptors (Lipinski definition) is 4. The largest absolute Gasteiger partial charge is 0.482 e. The zero-order valence-electron chi connectivity index (χ0n) is 12.7. The molecular weight excluding hydrogens is 282 g/mol. The summed E-state index contributed by atoms with van der Waals surface area (Å²) in [6.45, 7) is 2.92. The van der Waals surface area contributed by atoms with Crippen LogP contribution in [0.1, 0.15) is 26.7 Å². The smallest absolute Gasteiger partial charge is 0.259 e. The number of nitrogens with one attached hydrogen (secondary N) is 2. The van der Waals surface area contributed by atoms with E-state index in [-0.39, 0.29) is 24.3 Å². The second-order valence-electron chi connectivity index (χ2n) is 5.60. The Labute approximate surface area is 129 Å². The minimum atomic E-state index is -0.836. The van der Waals surface area contributed by atoms with Gasteiger partial charge in [-0.1, -0.05) is 12.1 Å². The van der Waals surface area contributed by atoms with Crippen molar-refractivity contribution < 1.29 is 14.3 Å². The average molecular weight is 301 g/mol. The maximum absolute atomic E-state index is 12.0. The summed E-state index contributed by atoms with van der Waals surface area (Å²) in [5.41, 5.74) is -0.328. The molecule has 2 rings (SSSR count). The number of carbonyl (C=O) groups is 2. The highest BCUT2D eigenvalue weighted by atomic mass is 16.5. The second-order valence-corrected chi connectivity index (χ2v) is 5.60. The molecule has 2 amide bonds. The number of nitriles is 1. The second kappa shape index (κ2) is 6.48. The number of ether oxygens (including phenoxy) is 1. The maximum atomic E-state index is 12.0. The van der Waals surface area contributed by atoms with E-state index < -0.39 is 5.54 Å². The van der Waals surface area contributed by atoms with E-state index in [1.165, 1.54) is 6.92 Å². The van der Waals surface area contributed by atoms with Crippen LogP contribution in [0.4, 0.5) is 5.69 Å². The Bertz CT molecular complexity index is 619. The molecule has 1 fully saturated rings. The Kier molecular flexibility index (Phi) is 4.66. The third-order valence-electron chi connectivity index (χ3n) is 3.58. The van der Waals surface area contributed by atoms with Crippen LogP contribution in [0.5, 0.6) is 5.75 Å². The fourth-order valence-corrected chi connectivity index (χ4v) is 2.24. The van der Waals surface area contributed by atoms with E-state index in [2.05, 4.69) is 16.7 Å². The Balaban J connectivity index is 1.94. The van der Waals surface area contributed by atoms with E-state index in [1.54, 1.807) is 31.2 Å². The van der Waals surface area contributed by atoms with Crippen molar-refractivity contribution in [2.45, 2.75) is 32.2 Å². The molecule has 0 spiro atoms. The molecule has 0 bridgehead atoms. The Hall–Kier alpha value is -2.55. The van der Waals surface area contributed by atoms with Gasteiger partial charge in [-0.15, -0.1) is 0 Å². The highest BCUT2D eigenvalue weighted by molar-refractivity contribution is 5.90. The van der Waals surface area contributed by atoms with Gasteiger partial charge in [0.05, 0.1) is 11.8 Å². The third-order valence-corrected chi connectivity index (χ3v) is 3.58. The normalized spacial score (nSPS) is 16.0. The predicted octanol–water partition coefficient (Wildman–Crippen LogP) is 1.83. The molecule has 0 aromatic heterocycles. The first kappa shape index (κ1) is 15.8. The Morgan fingerprint density at radius 1 is 1.41 bits per heavy atom. The van der Waals surface area contributed by atoms with E-state index >= 15 is 0 Å². The molecule has 2 N–H and O–H groups in total. The summed E-state index contributed by atoms with van der Waals surface area (Å²) < 4.78 is 5.45. The van der Waals surface area contributed by atoms with Gasteiger partial charge in [-0.05, 0) is 37.8 Å². The molecule has 1 aliphatic carbocycles. The van der Waals surface area contributed by atoms with E-state index in [1.807, 2.05) is 0 Å². The van der Waals surface area contributed by atoms with Crippen LogP contribution < -0.4 is 15.4 Å². The lowest BCUT2D eigenvalue weighted by Crippen LogP contribution is -2.48. The van der Waals surface area contributed by atoms with Crippen LogP contribution in [0.25, 0.3) is 0 Å². The van der Waals surface area contributed by atoms with Crippen molar-refractivity contribution in [1.29, 1.82) is 5.26 Å². The molecule has 0 saturated heterocycles. The summed E-state index contributed by atoms with van der Waals surface area (Å²) in [4.78, 5) is 23.1. The van der Waals surface area contributed by atoms with Gasteiger partial charge in [-0.25, -0.2) is 0 Å². The number of carbonyl (C=O) groups excluding carboxylic acids is 2. The molecule has 1 atom stereocenters. The van der Waals surface area contributed by atoms with Gasteiger partial charge in [0.2, 0.25) is 5.91 Å². The van der Waals surface area contributed by atoms with Crippen LogP contribution in [0, 0.1) is 17.2 Å². The zero-order valence-corrected chi connectivity index (χ0v) is 12.7. The van der Waals surface area contributed by atoms with Crippen LogP contribution in [0.15, 0.2) is 24.3 Å². The number of anilines is 1. The molecule has 0 aliphatic heterocycles. The monoisotopic (exact) mass is 301 g/mol. The molecule has 1 aliphatic rings. The van der Waals surface area contributed by atoms with Crippen LogP contribution in [0.2, 0.25) is 0 Å². The van der Waals surface area contributed by atoms with Gasteiger partial charge in [-0.2, -0.15) is 5.26 Å². The standard InChI is InChI=1S/C16H19N3O3/c1-11(20)18-13-5-3-4-6-14(13)22-9-15(21)19-16(2,10-17)12-7-8-12/h3-6,12H,7-9H2,1-2H3,(H,18,20)(H,19,21)/t16-/m1/s1. The Morgan fingerprint density at radius 3 is 2.68 bits per heavy atom. The van der Waals surface area contributed by atoms with Crippen molar-refractivity contribution in [1.82, 2.24) is 5.32 Å². The highest BCUT2D eigenvalue weighted by Crippen LogP contribution is 2.39. The first-order valence-corrected chi connectivity index (χ1v) is 7.16. The summed E-state index contributed by atoms with van der Waals surface area (Å²) in [6.07, 6.45) is 1.91. The van der Waals surface area contributed by atoms with Crippen molar-refractivity contribution >= 4 is 17.5 Å². The van der Waals surface area contributed by atoms with Crippen molar-refractivity contribution in [2.75, 3.05) is 11.9 Å². The van der Waals surface area contributed by atoms with Crippen LogP contribution in [-0.2, 0) is 9.59 Å². The molecule has 0 unspecified atom stereocenters. The molecule has 1 saturated carbocycles. The fraction of sp³-hybridized carbons (Fsp3) is 0.438. The van der Waals surface area contributed by atoms with Crippen molar-refractivity contribution in [2.24, 2.45) is 5.92 Å². The topological polar surface area (TPSA) is 91.2 Å². The van der Waals surface area contributed by atoms with E-state index in [4.69, 9.17) is 4.74 Å². The Morgan fingerprint density at radius 2 is 2.09 bits per heavy atom. The molecule has 6 nitrogen and oxygen atoms in total. The fourth-order valence-electron chi connectivity index (χ4n) is 2.24. The molecule has 22 heavy (non-hydrogen) atoms. The molecule has 1 aromatic rings. The van der Waals surface area contributed by atoms with Crippen LogP contribution >= 0.6 is 0 Å². The molecule has 0 radical (unpaired) electrons. The lowest BCUT2D eigenvalue weighted by atomic mass is 9.98. The first-order chi connectivity index (χ1) is 10.4. The molecule has 0 heterocycles. The van der Waals surface area contributed by atoms with E-state index in [9.17, 15) is 14.9 Å². The molecule has 6 heteroatoms. The van der Waals surface area contributed by atoms with Crippen molar-refractivity contribution in [3.63, 3.8) is 0 Å². The number of para-hydroxylation sites is 2. The highest BCUT2D eigenvalue weighted by Gasteiger charge is 2.43. The molecular formula is C16H19N3O3. The average Bonchev–Trinajstić information content (AvgIpc) is 3.30. The number of rotatable bonds is 6. The zero-order chi connectivity index (χ0) is 16.2. The van der Waals surface area contributed by atoms with E-state index in [0.29, 0.717) is 11.4 Å². The quantitative estimate of drug-likeness (QED) is 0.838. The van der Waals surface area contributed by atoms with Crippen molar-refractivity contribution in [3.05, 3.63) is 24.3 Å². The minimum Gasteiger partial charge on any atom is -0.482 e. The number of benzene rings is 1. The van der Waals surface area contributed by atoms with Gasteiger partial charge in [-0.3, -0.25) is 9.59 Å². The van der Waals surface area contributed by atoms with Gasteiger partial charge in [0.25, 0.3) is 5.91 Å². The number of nitrogens with zero attached hydrogens (tertiary/aromatic N) is 1. The number of hydrogen-bond donors (Lipinski definition) is 2. The lowest BCUT2D eigenvalue weighted by Gasteiger charge is -2.23. The summed E-state index contributed by atoms with van der Waals surface area (Å²) in [5, 5.41) is 14.6. The lowest BCUT2D eigenvalue weighted by molar-refractivity contribution is -0.124. The predicted molar refractivity (Wildman–Crippen MR) is 81.1 cm³/mol. The third kappa shape index (κ3) is 3.98. The minimum absolute atomic E-state index is 0.208. The first-order valence-electron chi connectivity index (χ1n) is 7.16. The van der Waals surface area contributed by atoms with Gasteiger partial charge in [0, 0.05) is 6.92 Å². The van der Waals surface area contributed by atoms with Crippen LogP contribution in [-0.4, -0.2) is 24.0 Å². The van der Waals surface area contributed by atoms with Gasteiger partial charge in [0.15, 0.2) is 6.61 Å². The van der Waals surface area contributed by atoms with Crippen LogP contribution in [0.3, 0.4) is 0 Å². The molecule has 1 aromatic carbocycles. The van der Waals surface area contributed by atoms with Crippen molar-refractivity contribution in [3.8, 4) is 11.8 Å². The SMILES string of the molecule is CC(=O)Nc1ccccc1OCC(=O)N[C@](C)(C#N)C1CC1. The maximum Gasteiger partial charge on any atom is 0.259 e. The van der Waals surface area contributed by atoms with Gasteiger partial charge >= 0.3 is 0 Å². The summed E-state index contributed by atoms with van der Waals surface area (Å²) in [5.74, 6) is 0.0610. The summed E-state index contributed by atoms with van der Waals surface area (Å²) in [7, 11) is 0. The molecule has 116 valence electrons. The summed E-state index contributed by atoms with van der Waals surface area (Å²) in [6, 6.07) is 9.04.